The van der Waals surface area contributed by atoms with E-state index in [9.17, 15) is 38.7 Å². The highest BCUT2D eigenvalue weighted by molar-refractivity contribution is 7.47. The summed E-state index contributed by atoms with van der Waals surface area (Å²) in [7, 11) is -10.2. The minimum Gasteiger partial charge on any atom is -0.386 e. The number of H-pyrrole nitrogens is 1. The predicted octanol–water partition coefficient (Wildman–Crippen LogP) is -2.24. The largest absolute Gasteiger partial charge is 0.472 e. The summed E-state index contributed by atoms with van der Waals surface area (Å²) in [5.41, 5.74) is 4.58. The van der Waals surface area contributed by atoms with Crippen LogP contribution in [0.1, 0.15) is 22.9 Å². The highest BCUT2D eigenvalue weighted by Crippen LogP contribution is 2.53. The number of fused-ring (bicyclic) bond motifs is 4. The first kappa shape index (κ1) is 31.1. The second kappa shape index (κ2) is 11.0. The number of ether oxygens (including phenoxy) is 2. The van der Waals surface area contributed by atoms with Crippen molar-refractivity contribution in [3.8, 4) is 0 Å². The average molecular weight is 689 g/mol. The fourth-order valence-corrected chi connectivity index (χ4v) is 7.40. The number of aromatic amines is 1. The first-order valence-corrected chi connectivity index (χ1v) is 16.3. The summed E-state index contributed by atoms with van der Waals surface area (Å²) in [6.07, 6.45) is -10.6. The number of carbonyl (C=O) groups is 1. The molecule has 4 aliphatic rings. The van der Waals surface area contributed by atoms with Gasteiger partial charge in [-0.2, -0.15) is 4.98 Å². The highest BCUT2D eigenvalue weighted by Gasteiger charge is 2.54. The van der Waals surface area contributed by atoms with Gasteiger partial charge in [0.25, 0.3) is 11.5 Å². The highest BCUT2D eigenvalue weighted by atomic mass is 31.2. The van der Waals surface area contributed by atoms with Crippen molar-refractivity contribution < 1.29 is 61.5 Å². The summed E-state index contributed by atoms with van der Waals surface area (Å²) in [5, 5.41) is 27.5. The molecule has 0 aromatic carbocycles. The minimum absolute atomic E-state index is 0.0670. The molecular weight excluding hydrogens is 664 g/mol. The Kier molecular flexibility index (Phi) is 7.43. The van der Waals surface area contributed by atoms with Crippen LogP contribution in [0.15, 0.2) is 29.8 Å². The monoisotopic (exact) mass is 689 g/mol. The van der Waals surface area contributed by atoms with E-state index < -0.39 is 89.4 Å². The van der Waals surface area contributed by atoms with Crippen molar-refractivity contribution in [3.63, 3.8) is 0 Å². The molecule has 3 fully saturated rings. The van der Waals surface area contributed by atoms with Crippen LogP contribution in [0.3, 0.4) is 0 Å². The fraction of sp³-hybridized carbons (Fsp3) is 0.476. The number of aromatic nitrogens is 6. The van der Waals surface area contributed by atoms with Crippen LogP contribution >= 0.6 is 15.6 Å². The van der Waals surface area contributed by atoms with Crippen LogP contribution in [0.5, 0.6) is 0 Å². The van der Waals surface area contributed by atoms with Gasteiger partial charge in [0.05, 0.1) is 25.9 Å². The minimum atomic E-state index is -5.08. The first-order chi connectivity index (χ1) is 21.7. The van der Waals surface area contributed by atoms with Crippen LogP contribution in [0.25, 0.3) is 11.2 Å². The van der Waals surface area contributed by atoms with Crippen molar-refractivity contribution in [1.82, 2.24) is 34.4 Å². The summed E-state index contributed by atoms with van der Waals surface area (Å²) in [4.78, 5) is 59.9. The lowest BCUT2D eigenvalue weighted by Crippen LogP contribution is -2.39. The summed E-state index contributed by atoms with van der Waals surface area (Å²) in [6, 6.07) is 0. The number of nitrogen functional groups attached to an aromatic ring is 1. The Hall–Kier alpha value is -3.57. The molecule has 10 atom stereocenters. The molecule has 4 aliphatic heterocycles. The number of aliphatic hydroxyl groups is 2. The molecule has 248 valence electrons. The molecule has 1 amide bonds. The number of phosphoric acid groups is 2. The number of nitrogens with two attached hydrogens (primary N) is 1. The number of carbonyl (C=O) groups excluding carboxylic acids is 1. The zero-order valence-corrected chi connectivity index (χ0v) is 24.8. The number of anilines is 2. The van der Waals surface area contributed by atoms with E-state index in [0.29, 0.717) is 0 Å². The molecule has 0 bridgehead atoms. The molecular formula is C21H25N9O14P2. The van der Waals surface area contributed by atoms with Gasteiger partial charge in [0.2, 0.25) is 5.95 Å². The van der Waals surface area contributed by atoms with Crippen LogP contribution in [-0.2, 0) is 36.7 Å². The number of nitrogens with one attached hydrogen (secondary N) is 3. The van der Waals surface area contributed by atoms with E-state index in [4.69, 9.17) is 33.3 Å². The maximum atomic E-state index is 13.1. The standard InChI is InChI=1S/C21H25N9O14P2/c1-6-25-15-9(17(33)26-6)23-4-29(15)19-11(31)13-7(41-19)2-39-46(37,38)44-14-8(3-40-45(35,36)43-13)42-20(12(14)32)30-5-24-10-16(30)27-21(22)28-18(10)34/h4-5,7-8,11-14,19-20,25,31-32H,1-3H2,(H,26,33)(H,35,36)(H,37,38)(H3,22,27,28,34)/t7-,8-,11+,12?,13?,14+,19-,20-/m1/s1. The number of hydrogen-bond donors (Lipinski definition) is 8. The molecule has 3 saturated heterocycles. The fourth-order valence-electron chi connectivity index (χ4n) is 5.47. The smallest absolute Gasteiger partial charge is 0.386 e. The third-order valence-corrected chi connectivity index (χ3v) is 9.44. The summed E-state index contributed by atoms with van der Waals surface area (Å²) in [6.45, 7) is 1.92. The molecule has 46 heavy (non-hydrogen) atoms. The van der Waals surface area contributed by atoms with Gasteiger partial charge in [0.15, 0.2) is 29.3 Å². The Balaban J connectivity index is 1.16. The Labute approximate surface area is 255 Å². The van der Waals surface area contributed by atoms with Gasteiger partial charge in [-0.25, -0.2) is 19.1 Å². The third-order valence-electron chi connectivity index (χ3n) is 7.47. The lowest BCUT2D eigenvalue weighted by molar-refractivity contribution is -0.0666. The SMILES string of the molecule is C=C1NC(=O)c2ncn([C@@H]3O[C@@H]4COP(=O)(O)O[C@@H]5C(O)[C@H](n6cnc7c(=O)[nH]c(N)nc76)O[C@@H]5COP(=O)(O)OC4[C@@H]3O)c2N1. The van der Waals surface area contributed by atoms with Crippen LogP contribution in [0.2, 0.25) is 0 Å². The van der Waals surface area contributed by atoms with Crippen LogP contribution in [-0.4, -0.2) is 105 Å². The van der Waals surface area contributed by atoms with Crippen LogP contribution < -0.4 is 21.9 Å². The number of imidazole rings is 2. The van der Waals surface area contributed by atoms with Gasteiger partial charge >= 0.3 is 15.6 Å². The zero-order valence-electron chi connectivity index (χ0n) is 23.0. The van der Waals surface area contributed by atoms with E-state index in [1.54, 1.807) is 0 Å². The lowest BCUT2D eigenvalue weighted by Gasteiger charge is -2.27. The van der Waals surface area contributed by atoms with Crippen LogP contribution in [0.4, 0.5) is 11.8 Å². The molecule has 0 spiro atoms. The van der Waals surface area contributed by atoms with Gasteiger partial charge in [-0.15, -0.1) is 0 Å². The molecule has 3 aromatic rings. The van der Waals surface area contributed by atoms with E-state index in [2.05, 4.69) is 37.1 Å². The van der Waals surface area contributed by atoms with Crippen molar-refractivity contribution >= 4 is 44.5 Å². The Morgan fingerprint density at radius 3 is 2.09 bits per heavy atom. The number of nitrogens with zero attached hydrogens (tertiary/aromatic N) is 5. The van der Waals surface area contributed by atoms with Gasteiger partial charge in [-0.1, -0.05) is 6.58 Å². The number of amides is 1. The molecule has 7 rings (SSSR count). The van der Waals surface area contributed by atoms with Crippen molar-refractivity contribution in [3.05, 3.63) is 41.1 Å². The quantitative estimate of drug-likeness (QED) is 0.132. The van der Waals surface area contributed by atoms with E-state index in [0.717, 1.165) is 17.2 Å². The molecule has 25 heteroatoms. The molecule has 7 heterocycles. The molecule has 3 aromatic heterocycles. The number of hydrogen-bond acceptors (Lipinski definition) is 17. The molecule has 0 aliphatic carbocycles. The summed E-state index contributed by atoms with van der Waals surface area (Å²) >= 11 is 0. The molecule has 4 unspecified atom stereocenters. The predicted molar refractivity (Wildman–Crippen MR) is 146 cm³/mol. The Bertz CT molecular complexity index is 1900. The zero-order chi connectivity index (χ0) is 32.7. The summed E-state index contributed by atoms with van der Waals surface area (Å²) < 4.78 is 60.8. The maximum absolute atomic E-state index is 13.1. The van der Waals surface area contributed by atoms with Crippen molar-refractivity contribution in [2.45, 2.75) is 49.1 Å². The second-order valence-electron chi connectivity index (χ2n) is 10.5. The van der Waals surface area contributed by atoms with Crippen molar-refractivity contribution in [1.29, 1.82) is 0 Å². The normalized spacial score (nSPS) is 38.3. The molecule has 23 nitrogen and oxygen atoms in total. The third kappa shape index (κ3) is 5.35. The summed E-state index contributed by atoms with van der Waals surface area (Å²) in [5.74, 6) is -0.717. The first-order valence-electron chi connectivity index (χ1n) is 13.3. The van der Waals surface area contributed by atoms with E-state index >= 15 is 0 Å². The van der Waals surface area contributed by atoms with Gasteiger partial charge in [0, 0.05) is 0 Å². The van der Waals surface area contributed by atoms with Crippen molar-refractivity contribution in [2.75, 3.05) is 24.3 Å². The van der Waals surface area contributed by atoms with Crippen molar-refractivity contribution in [2.24, 2.45) is 0 Å². The molecule has 9 N–H and O–H groups in total. The van der Waals surface area contributed by atoms with Gasteiger partial charge in [0.1, 0.15) is 48.3 Å². The van der Waals surface area contributed by atoms with Gasteiger partial charge in [-0.3, -0.25) is 41.8 Å². The van der Waals surface area contributed by atoms with Gasteiger partial charge < -0.3 is 45.8 Å². The number of rotatable bonds is 2. The van der Waals surface area contributed by atoms with E-state index in [1.165, 1.54) is 4.57 Å². The van der Waals surface area contributed by atoms with E-state index in [-0.39, 0.29) is 34.4 Å². The average Bonchev–Trinajstić information content (AvgIpc) is 3.72. The Morgan fingerprint density at radius 2 is 1.48 bits per heavy atom. The number of phosphoric ester groups is 2. The topological polar surface area (TPSA) is 319 Å². The molecule has 0 saturated carbocycles. The van der Waals surface area contributed by atoms with E-state index in [1.807, 2.05) is 0 Å². The Morgan fingerprint density at radius 1 is 0.913 bits per heavy atom. The van der Waals surface area contributed by atoms with Crippen LogP contribution in [0, 0.1) is 0 Å². The number of aliphatic hydroxyl groups excluding tert-OH is 2. The maximum Gasteiger partial charge on any atom is 0.472 e. The lowest BCUT2D eigenvalue weighted by atomic mass is 10.1. The second-order valence-corrected chi connectivity index (χ2v) is 13.3. The molecule has 0 radical (unpaired) electrons. The van der Waals surface area contributed by atoms with Gasteiger partial charge in [-0.05, 0) is 0 Å².